The highest BCUT2D eigenvalue weighted by molar-refractivity contribution is 7.18. The number of benzene rings is 1. The van der Waals surface area contributed by atoms with Crippen molar-refractivity contribution < 1.29 is 9.53 Å². The van der Waals surface area contributed by atoms with Crippen molar-refractivity contribution in [2.45, 2.75) is 26.8 Å². The van der Waals surface area contributed by atoms with Gasteiger partial charge in [-0.2, -0.15) is 0 Å². The van der Waals surface area contributed by atoms with E-state index in [9.17, 15) is 4.79 Å². The lowest BCUT2D eigenvalue weighted by atomic mass is 10.0. The number of hydrogen-bond acceptors (Lipinski definition) is 6. The third-order valence-electron chi connectivity index (χ3n) is 4.32. The zero-order chi connectivity index (χ0) is 20.4. The Bertz CT molecular complexity index is 1150. The van der Waals surface area contributed by atoms with Crippen LogP contribution in [0.5, 0.6) is 0 Å². The van der Waals surface area contributed by atoms with E-state index in [1.54, 1.807) is 24.5 Å². The second-order valence-electron chi connectivity index (χ2n) is 6.91. The number of carbonyl (C=O) groups is 1. The number of nitrogens with one attached hydrogen (secondary N) is 1. The fourth-order valence-corrected chi connectivity index (χ4v) is 4.03. The Kier molecular flexibility index (Phi) is 5.31. The SMILES string of the molecule is CCOC(=O)c1cn2cc(-c3cnc(NC(C)C)s3)cc(-c3ccccc3)c2n1. The van der Waals surface area contributed by atoms with E-state index in [0.717, 1.165) is 26.7 Å². The average molecular weight is 407 g/mol. The second kappa shape index (κ2) is 8.05. The quantitative estimate of drug-likeness (QED) is 0.450. The summed E-state index contributed by atoms with van der Waals surface area (Å²) in [5, 5.41) is 4.22. The number of carbonyl (C=O) groups excluding carboxylic acids is 1. The molecule has 0 amide bonds. The van der Waals surface area contributed by atoms with Crippen molar-refractivity contribution in [1.82, 2.24) is 14.4 Å². The van der Waals surface area contributed by atoms with Crippen molar-refractivity contribution in [2.75, 3.05) is 11.9 Å². The van der Waals surface area contributed by atoms with Crippen LogP contribution >= 0.6 is 11.3 Å². The number of esters is 1. The molecule has 0 spiro atoms. The monoisotopic (exact) mass is 406 g/mol. The Morgan fingerprint density at radius 2 is 2.00 bits per heavy atom. The summed E-state index contributed by atoms with van der Waals surface area (Å²) in [4.78, 5) is 22.3. The third kappa shape index (κ3) is 4.00. The molecule has 4 aromatic rings. The third-order valence-corrected chi connectivity index (χ3v) is 5.30. The molecule has 0 fully saturated rings. The van der Waals surface area contributed by atoms with E-state index in [4.69, 9.17) is 4.74 Å². The minimum atomic E-state index is -0.419. The van der Waals surface area contributed by atoms with E-state index >= 15 is 0 Å². The molecule has 1 N–H and O–H groups in total. The summed E-state index contributed by atoms with van der Waals surface area (Å²) in [6, 6.07) is 12.5. The van der Waals surface area contributed by atoms with Gasteiger partial charge in [-0.3, -0.25) is 0 Å². The van der Waals surface area contributed by atoms with Crippen LogP contribution in [0.2, 0.25) is 0 Å². The van der Waals surface area contributed by atoms with Gasteiger partial charge in [0.15, 0.2) is 10.8 Å². The Labute approximate surface area is 173 Å². The Balaban J connectivity index is 1.85. The first-order valence-electron chi connectivity index (χ1n) is 9.53. The average Bonchev–Trinajstić information content (AvgIpc) is 3.34. The number of rotatable bonds is 6. The Morgan fingerprint density at radius 3 is 2.72 bits per heavy atom. The van der Waals surface area contributed by atoms with Crippen molar-refractivity contribution in [3.05, 3.63) is 60.7 Å². The molecule has 0 unspecified atom stereocenters. The molecule has 0 aliphatic heterocycles. The van der Waals surface area contributed by atoms with E-state index in [1.165, 1.54) is 0 Å². The van der Waals surface area contributed by atoms with Gasteiger partial charge in [0, 0.05) is 35.8 Å². The molecule has 3 heterocycles. The van der Waals surface area contributed by atoms with Crippen molar-refractivity contribution in [3.8, 4) is 21.6 Å². The molecular formula is C22H22N4O2S. The number of aromatic nitrogens is 3. The molecule has 0 saturated heterocycles. The summed E-state index contributed by atoms with van der Waals surface area (Å²) >= 11 is 1.60. The minimum Gasteiger partial charge on any atom is -0.461 e. The number of fused-ring (bicyclic) bond motifs is 1. The van der Waals surface area contributed by atoms with Gasteiger partial charge in [-0.15, -0.1) is 0 Å². The van der Waals surface area contributed by atoms with Gasteiger partial charge in [0.2, 0.25) is 0 Å². The highest BCUT2D eigenvalue weighted by atomic mass is 32.1. The van der Waals surface area contributed by atoms with Crippen LogP contribution in [0.4, 0.5) is 5.13 Å². The van der Waals surface area contributed by atoms with E-state index in [0.29, 0.717) is 24.0 Å². The van der Waals surface area contributed by atoms with Crippen LogP contribution in [0.3, 0.4) is 0 Å². The highest BCUT2D eigenvalue weighted by Crippen LogP contribution is 2.34. The lowest BCUT2D eigenvalue weighted by molar-refractivity contribution is 0.0520. The van der Waals surface area contributed by atoms with Gasteiger partial charge >= 0.3 is 5.97 Å². The molecule has 0 bridgehead atoms. The number of anilines is 1. The molecule has 0 aliphatic carbocycles. The highest BCUT2D eigenvalue weighted by Gasteiger charge is 2.17. The summed E-state index contributed by atoms with van der Waals surface area (Å²) < 4.78 is 7.02. The topological polar surface area (TPSA) is 68.5 Å². The molecule has 7 heteroatoms. The predicted octanol–water partition coefficient (Wildman–Crippen LogP) is 5.12. The second-order valence-corrected chi connectivity index (χ2v) is 7.95. The van der Waals surface area contributed by atoms with Crippen LogP contribution in [0.25, 0.3) is 27.2 Å². The summed E-state index contributed by atoms with van der Waals surface area (Å²) in [6.07, 6.45) is 5.57. The van der Waals surface area contributed by atoms with Crippen LogP contribution in [0, 0.1) is 0 Å². The zero-order valence-corrected chi connectivity index (χ0v) is 17.4. The number of nitrogens with zero attached hydrogens (tertiary/aromatic N) is 3. The molecule has 1 aromatic carbocycles. The van der Waals surface area contributed by atoms with Crippen molar-refractivity contribution >= 4 is 28.1 Å². The largest absolute Gasteiger partial charge is 0.461 e. The maximum Gasteiger partial charge on any atom is 0.358 e. The maximum atomic E-state index is 12.2. The van der Waals surface area contributed by atoms with Gasteiger partial charge in [0.1, 0.15) is 5.65 Å². The molecule has 0 radical (unpaired) electrons. The van der Waals surface area contributed by atoms with Crippen LogP contribution in [-0.2, 0) is 4.74 Å². The van der Waals surface area contributed by atoms with Crippen LogP contribution in [-0.4, -0.2) is 33.0 Å². The smallest absolute Gasteiger partial charge is 0.358 e. The van der Waals surface area contributed by atoms with E-state index in [1.807, 2.05) is 47.1 Å². The normalized spacial score (nSPS) is 11.2. The van der Waals surface area contributed by atoms with Gasteiger partial charge in [0.05, 0.1) is 11.5 Å². The first kappa shape index (κ1) is 19.1. The van der Waals surface area contributed by atoms with Gasteiger partial charge in [0.25, 0.3) is 0 Å². The number of hydrogen-bond donors (Lipinski definition) is 1. The molecule has 6 nitrogen and oxygen atoms in total. The lowest BCUT2D eigenvalue weighted by Crippen LogP contribution is -2.08. The predicted molar refractivity (Wildman–Crippen MR) is 116 cm³/mol. The van der Waals surface area contributed by atoms with Crippen LogP contribution in [0.15, 0.2) is 55.0 Å². The van der Waals surface area contributed by atoms with E-state index < -0.39 is 5.97 Å². The maximum absolute atomic E-state index is 12.2. The number of pyridine rings is 1. The molecule has 0 atom stereocenters. The molecule has 0 aliphatic rings. The fraction of sp³-hybridized carbons (Fsp3) is 0.227. The Hall–Kier alpha value is -3.19. The van der Waals surface area contributed by atoms with Crippen LogP contribution < -0.4 is 5.32 Å². The first-order valence-corrected chi connectivity index (χ1v) is 10.3. The van der Waals surface area contributed by atoms with Gasteiger partial charge in [-0.1, -0.05) is 41.7 Å². The van der Waals surface area contributed by atoms with Crippen molar-refractivity contribution in [3.63, 3.8) is 0 Å². The van der Waals surface area contributed by atoms with Gasteiger partial charge in [-0.05, 0) is 32.4 Å². The molecule has 29 heavy (non-hydrogen) atoms. The molecule has 4 rings (SSSR count). The summed E-state index contributed by atoms with van der Waals surface area (Å²) in [7, 11) is 0. The molecule has 148 valence electrons. The summed E-state index contributed by atoms with van der Waals surface area (Å²) in [5.41, 5.74) is 4.01. The van der Waals surface area contributed by atoms with Gasteiger partial charge in [-0.25, -0.2) is 14.8 Å². The first-order chi connectivity index (χ1) is 14.0. The van der Waals surface area contributed by atoms with Gasteiger partial charge < -0.3 is 14.5 Å². The summed E-state index contributed by atoms with van der Waals surface area (Å²) in [5.74, 6) is -0.419. The van der Waals surface area contributed by atoms with E-state index in [2.05, 4.69) is 35.2 Å². The minimum absolute atomic E-state index is 0.299. The Morgan fingerprint density at radius 1 is 1.21 bits per heavy atom. The van der Waals surface area contributed by atoms with E-state index in [-0.39, 0.29) is 0 Å². The summed E-state index contributed by atoms with van der Waals surface area (Å²) in [6.45, 7) is 6.27. The fourth-order valence-electron chi connectivity index (χ4n) is 3.09. The van der Waals surface area contributed by atoms with Crippen LogP contribution in [0.1, 0.15) is 31.3 Å². The zero-order valence-electron chi connectivity index (χ0n) is 16.5. The lowest BCUT2D eigenvalue weighted by Gasteiger charge is -2.07. The molecule has 0 saturated carbocycles. The number of ether oxygens (including phenoxy) is 1. The molecule has 3 aromatic heterocycles. The van der Waals surface area contributed by atoms with Crippen molar-refractivity contribution in [1.29, 1.82) is 0 Å². The standard InChI is InChI=1S/C22H22N4O2S/c1-4-28-21(27)18-13-26-12-16(19-11-23-22(29-19)24-14(2)3)10-17(20(26)25-18)15-8-6-5-7-9-15/h5-14H,4H2,1-3H3,(H,23,24). The number of thiazole rings is 1. The number of imidazole rings is 1. The van der Waals surface area contributed by atoms with Crippen molar-refractivity contribution in [2.24, 2.45) is 0 Å². The molecular weight excluding hydrogens is 384 g/mol.